The van der Waals surface area contributed by atoms with Crippen molar-refractivity contribution in [2.24, 2.45) is 10.7 Å². The third-order valence-corrected chi connectivity index (χ3v) is 3.82. The quantitative estimate of drug-likeness (QED) is 0.311. The van der Waals surface area contributed by atoms with Gasteiger partial charge in [0.2, 0.25) is 18.5 Å². The maximum Gasteiger partial charge on any atom is 0.429 e. The average Bonchev–Trinajstić information content (AvgIpc) is 2.69. The summed E-state index contributed by atoms with van der Waals surface area (Å²) in [7, 11) is 0. The zero-order valence-corrected chi connectivity index (χ0v) is 15.3. The molecule has 1 heterocycles. The molecule has 1 unspecified atom stereocenters. The van der Waals surface area contributed by atoms with E-state index in [1.54, 1.807) is 18.2 Å². The Balaban J connectivity index is 2.16. The van der Waals surface area contributed by atoms with Gasteiger partial charge < -0.3 is 21.7 Å². The van der Waals surface area contributed by atoms with E-state index >= 15 is 0 Å². The van der Waals surface area contributed by atoms with Crippen LogP contribution in [0.25, 0.3) is 5.57 Å². The minimum absolute atomic E-state index is 0.0985. The summed E-state index contributed by atoms with van der Waals surface area (Å²) >= 11 is 0. The molecule has 0 bridgehead atoms. The van der Waals surface area contributed by atoms with Gasteiger partial charge in [0.15, 0.2) is 0 Å². The van der Waals surface area contributed by atoms with Gasteiger partial charge in [0, 0.05) is 47.8 Å². The molecule has 29 heavy (non-hydrogen) atoms. The Morgan fingerprint density at radius 3 is 2.79 bits per heavy atom. The number of benzene rings is 1. The van der Waals surface area contributed by atoms with E-state index < -0.39 is 12.3 Å². The molecular formula is C19H20F3N5O2. The fourth-order valence-corrected chi connectivity index (χ4v) is 2.49. The lowest BCUT2D eigenvalue weighted by atomic mass is 9.99. The highest BCUT2D eigenvalue weighted by Gasteiger charge is 2.39. The minimum Gasteiger partial charge on any atom is -0.362 e. The predicted molar refractivity (Wildman–Crippen MR) is 104 cm³/mol. The summed E-state index contributed by atoms with van der Waals surface area (Å²) in [6.45, 7) is 0.490. The van der Waals surface area contributed by atoms with E-state index in [4.69, 9.17) is 5.73 Å². The number of nitrogens with two attached hydrogens (primary N) is 1. The van der Waals surface area contributed by atoms with E-state index in [1.165, 1.54) is 6.20 Å². The van der Waals surface area contributed by atoms with Crippen molar-refractivity contribution >= 4 is 29.8 Å². The Labute approximate surface area is 165 Å². The van der Waals surface area contributed by atoms with Crippen LogP contribution in [0.1, 0.15) is 24.0 Å². The van der Waals surface area contributed by atoms with Gasteiger partial charge in [-0.15, -0.1) is 0 Å². The summed E-state index contributed by atoms with van der Waals surface area (Å²) in [6.07, 6.45) is -2.85. The molecule has 0 saturated carbocycles. The van der Waals surface area contributed by atoms with Gasteiger partial charge in [-0.25, -0.2) is 0 Å². The molecule has 7 nitrogen and oxygen atoms in total. The van der Waals surface area contributed by atoms with Crippen LogP contribution in [0.2, 0.25) is 0 Å². The lowest BCUT2D eigenvalue weighted by Crippen LogP contribution is -2.39. The molecule has 0 saturated heterocycles. The minimum atomic E-state index is -4.49. The van der Waals surface area contributed by atoms with Gasteiger partial charge >= 0.3 is 6.18 Å². The second-order valence-corrected chi connectivity index (χ2v) is 5.98. The van der Waals surface area contributed by atoms with Crippen molar-refractivity contribution in [3.8, 4) is 11.8 Å². The molecular weight excluding hydrogens is 387 g/mol. The molecule has 1 aliphatic heterocycles. The highest BCUT2D eigenvalue weighted by atomic mass is 19.4. The van der Waals surface area contributed by atoms with Crippen molar-refractivity contribution in [2.45, 2.75) is 25.2 Å². The lowest BCUT2D eigenvalue weighted by Gasteiger charge is -2.21. The van der Waals surface area contributed by atoms with Crippen molar-refractivity contribution in [1.82, 2.24) is 10.6 Å². The number of allylic oxidation sites excluding steroid dienone is 1. The molecule has 0 fully saturated rings. The summed E-state index contributed by atoms with van der Waals surface area (Å²) in [4.78, 5) is 25.7. The number of rotatable bonds is 7. The monoisotopic (exact) mass is 407 g/mol. The highest BCUT2D eigenvalue weighted by Crippen LogP contribution is 2.27. The first kappa shape index (κ1) is 22.0. The van der Waals surface area contributed by atoms with Crippen LogP contribution in [-0.2, 0) is 9.59 Å². The van der Waals surface area contributed by atoms with Gasteiger partial charge in [-0.05, 0) is 18.6 Å². The Kier molecular flexibility index (Phi) is 7.79. The Morgan fingerprint density at radius 1 is 1.38 bits per heavy atom. The summed E-state index contributed by atoms with van der Waals surface area (Å²) in [5.74, 6) is 5.32. The van der Waals surface area contributed by atoms with Gasteiger partial charge in [0.1, 0.15) is 0 Å². The van der Waals surface area contributed by atoms with E-state index in [1.807, 2.05) is 0 Å². The van der Waals surface area contributed by atoms with Crippen LogP contribution in [-0.4, -0.2) is 44.0 Å². The third-order valence-electron chi connectivity index (χ3n) is 3.82. The van der Waals surface area contributed by atoms with Crippen LogP contribution in [0.4, 0.5) is 18.9 Å². The number of hydrogen-bond acceptors (Lipinski definition) is 5. The molecule has 1 aliphatic rings. The number of carbonyl (C=O) groups is 2. The second kappa shape index (κ2) is 10.3. The van der Waals surface area contributed by atoms with Crippen LogP contribution >= 0.6 is 0 Å². The summed E-state index contributed by atoms with van der Waals surface area (Å²) in [5, 5.41) is 7.40. The van der Waals surface area contributed by atoms with Crippen molar-refractivity contribution in [1.29, 1.82) is 0 Å². The Hall–Kier alpha value is -3.32. The maximum atomic E-state index is 12.7. The van der Waals surface area contributed by atoms with E-state index in [0.29, 0.717) is 41.8 Å². The van der Waals surface area contributed by atoms with E-state index in [2.05, 4.69) is 32.8 Å². The first-order valence-corrected chi connectivity index (χ1v) is 8.71. The summed E-state index contributed by atoms with van der Waals surface area (Å²) in [5.41, 5.74) is 7.36. The number of nitrogens with one attached hydrogen (secondary N) is 3. The molecule has 1 aromatic rings. The van der Waals surface area contributed by atoms with Gasteiger partial charge in [0.25, 0.3) is 0 Å². The number of carbonyl (C=O) groups excluding carboxylic acids is 2. The summed E-state index contributed by atoms with van der Waals surface area (Å²) < 4.78 is 38.2. The predicted octanol–water partition coefficient (Wildman–Crippen LogP) is 1.36. The van der Waals surface area contributed by atoms with Crippen molar-refractivity contribution in [2.75, 3.05) is 18.4 Å². The van der Waals surface area contributed by atoms with Gasteiger partial charge in [0.05, 0.1) is 6.54 Å². The van der Waals surface area contributed by atoms with Gasteiger partial charge in [-0.3, -0.25) is 14.6 Å². The highest BCUT2D eigenvalue weighted by molar-refractivity contribution is 6.11. The fourth-order valence-electron chi connectivity index (χ4n) is 2.49. The largest absolute Gasteiger partial charge is 0.429 e. The molecule has 0 spiro atoms. The van der Waals surface area contributed by atoms with E-state index in [-0.39, 0.29) is 18.9 Å². The standard InChI is InChI=1S/C19H20F3N5O2/c20-19(21,22)18-25-10-14(11-26-18)16-6-5-15(9-13(16)3-1-7-23)27-17(29)4-2-8-24-12-28/h5-6,9-12,18,25H,2,4,7-8,23H2,(H,24,28)(H,27,29). The first-order valence-electron chi connectivity index (χ1n) is 8.71. The molecule has 1 atom stereocenters. The zero-order chi connectivity index (χ0) is 21.3. The SMILES string of the molecule is NCC#Cc1cc(NC(=O)CCCNC=O)ccc1C1=CNC(C(F)(F)F)N=C1. The molecule has 0 aromatic heterocycles. The van der Waals surface area contributed by atoms with E-state index in [0.717, 1.165) is 6.21 Å². The Bertz CT molecular complexity index is 869. The number of hydrogen-bond donors (Lipinski definition) is 4. The van der Waals surface area contributed by atoms with Gasteiger partial charge in [-0.1, -0.05) is 17.9 Å². The smallest absolute Gasteiger partial charge is 0.362 e. The molecule has 0 radical (unpaired) electrons. The zero-order valence-electron chi connectivity index (χ0n) is 15.3. The third kappa shape index (κ3) is 6.65. The fraction of sp³-hybridized carbons (Fsp3) is 0.316. The van der Waals surface area contributed by atoms with Crippen LogP contribution in [0.3, 0.4) is 0 Å². The van der Waals surface area contributed by atoms with Gasteiger partial charge in [-0.2, -0.15) is 13.2 Å². The normalized spacial score (nSPS) is 15.4. The summed E-state index contributed by atoms with van der Waals surface area (Å²) in [6, 6.07) is 4.87. The molecule has 0 aliphatic carbocycles. The molecule has 154 valence electrons. The van der Waals surface area contributed by atoms with Crippen LogP contribution in [0, 0.1) is 11.8 Å². The molecule has 5 N–H and O–H groups in total. The van der Waals surface area contributed by atoms with E-state index in [9.17, 15) is 22.8 Å². The molecule has 1 aromatic carbocycles. The number of halogens is 3. The van der Waals surface area contributed by atoms with Crippen LogP contribution in [0.15, 0.2) is 29.4 Å². The van der Waals surface area contributed by atoms with Crippen molar-refractivity contribution in [3.63, 3.8) is 0 Å². The van der Waals surface area contributed by atoms with Crippen molar-refractivity contribution in [3.05, 3.63) is 35.5 Å². The van der Waals surface area contributed by atoms with Crippen LogP contribution in [0.5, 0.6) is 0 Å². The maximum absolute atomic E-state index is 12.7. The first-order chi connectivity index (χ1) is 13.8. The van der Waals surface area contributed by atoms with Crippen molar-refractivity contribution < 1.29 is 22.8 Å². The number of nitrogens with zero attached hydrogens (tertiary/aromatic N) is 1. The second-order valence-electron chi connectivity index (χ2n) is 5.98. The number of amides is 2. The number of alkyl halides is 3. The molecule has 2 amide bonds. The number of anilines is 1. The van der Waals surface area contributed by atoms with Crippen LogP contribution < -0.4 is 21.7 Å². The Morgan fingerprint density at radius 2 is 2.17 bits per heavy atom. The number of aliphatic imine (C=N–C) groups is 1. The molecule has 10 heteroatoms. The molecule has 2 rings (SSSR count). The average molecular weight is 407 g/mol. The topological polar surface area (TPSA) is 109 Å². The lowest BCUT2D eigenvalue weighted by molar-refractivity contribution is -0.151.